The molecule has 0 aromatic carbocycles. The third kappa shape index (κ3) is 1.33. The van der Waals surface area contributed by atoms with Crippen molar-refractivity contribution in [3.8, 4) is 0 Å². The van der Waals surface area contributed by atoms with E-state index in [1.807, 2.05) is 0 Å². The summed E-state index contributed by atoms with van der Waals surface area (Å²) in [5.41, 5.74) is 0. The molecule has 0 bridgehead atoms. The van der Waals surface area contributed by atoms with Gasteiger partial charge in [-0.05, 0) is 31.6 Å². The first-order valence-electron chi connectivity index (χ1n) is 4.76. The zero-order chi connectivity index (χ0) is 8.55. The van der Waals surface area contributed by atoms with Crippen molar-refractivity contribution in [2.24, 2.45) is 5.92 Å². The molecule has 1 heterocycles. The summed E-state index contributed by atoms with van der Waals surface area (Å²) < 4.78 is 0. The molecular formula is C9H15NO2. The van der Waals surface area contributed by atoms with Crippen molar-refractivity contribution in [3.63, 3.8) is 0 Å². The van der Waals surface area contributed by atoms with Crippen molar-refractivity contribution in [1.82, 2.24) is 5.32 Å². The van der Waals surface area contributed by atoms with E-state index in [1.165, 1.54) is 19.3 Å². The van der Waals surface area contributed by atoms with Gasteiger partial charge < -0.3 is 10.4 Å². The maximum absolute atomic E-state index is 10.6. The molecule has 0 spiro atoms. The molecule has 0 amide bonds. The Balaban J connectivity index is 1.84. The molecular weight excluding hydrogens is 154 g/mol. The van der Waals surface area contributed by atoms with Crippen molar-refractivity contribution in [1.29, 1.82) is 0 Å². The van der Waals surface area contributed by atoms with E-state index in [1.54, 1.807) is 0 Å². The standard InChI is InChI=1S/C9H15NO2/c11-9(12)8-5-4-7(10-8)6-2-1-3-6/h6-8,10H,1-5H2,(H,11,12). The third-order valence-corrected chi connectivity index (χ3v) is 3.20. The van der Waals surface area contributed by atoms with Crippen LogP contribution in [0.4, 0.5) is 0 Å². The lowest BCUT2D eigenvalue weighted by Gasteiger charge is -2.31. The number of carboxylic acid groups (broad SMARTS) is 1. The van der Waals surface area contributed by atoms with Crippen LogP contribution in [0.2, 0.25) is 0 Å². The van der Waals surface area contributed by atoms with Gasteiger partial charge in [0, 0.05) is 6.04 Å². The lowest BCUT2D eigenvalue weighted by molar-refractivity contribution is -0.139. The first-order chi connectivity index (χ1) is 5.77. The summed E-state index contributed by atoms with van der Waals surface area (Å²) in [6.07, 6.45) is 5.80. The number of hydrogen-bond acceptors (Lipinski definition) is 2. The Labute approximate surface area is 72.2 Å². The van der Waals surface area contributed by atoms with Gasteiger partial charge in [-0.1, -0.05) is 6.42 Å². The van der Waals surface area contributed by atoms with Gasteiger partial charge in [-0.2, -0.15) is 0 Å². The largest absolute Gasteiger partial charge is 0.480 e. The third-order valence-electron chi connectivity index (χ3n) is 3.20. The molecule has 3 nitrogen and oxygen atoms in total. The van der Waals surface area contributed by atoms with E-state index < -0.39 is 5.97 Å². The fourth-order valence-electron chi connectivity index (χ4n) is 2.18. The second-order valence-electron chi connectivity index (χ2n) is 3.93. The predicted molar refractivity (Wildman–Crippen MR) is 44.9 cm³/mol. The van der Waals surface area contributed by atoms with Gasteiger partial charge in [0.2, 0.25) is 0 Å². The SMILES string of the molecule is O=C(O)C1CCC(C2CCC2)N1. The van der Waals surface area contributed by atoms with Crippen molar-refractivity contribution in [3.05, 3.63) is 0 Å². The maximum Gasteiger partial charge on any atom is 0.320 e. The second-order valence-corrected chi connectivity index (χ2v) is 3.93. The Morgan fingerprint density at radius 3 is 2.42 bits per heavy atom. The monoisotopic (exact) mass is 169 g/mol. The Hall–Kier alpha value is -0.570. The molecule has 68 valence electrons. The molecule has 2 unspecified atom stereocenters. The summed E-state index contributed by atoms with van der Waals surface area (Å²) in [4.78, 5) is 10.6. The average Bonchev–Trinajstić information content (AvgIpc) is 2.32. The smallest absolute Gasteiger partial charge is 0.320 e. The van der Waals surface area contributed by atoms with Crippen LogP contribution in [0.5, 0.6) is 0 Å². The van der Waals surface area contributed by atoms with Crippen molar-refractivity contribution < 1.29 is 9.90 Å². The van der Waals surface area contributed by atoms with Crippen LogP contribution in [0.15, 0.2) is 0 Å². The highest BCUT2D eigenvalue weighted by molar-refractivity contribution is 5.73. The second kappa shape index (κ2) is 3.05. The molecule has 0 aromatic rings. The summed E-state index contributed by atoms with van der Waals surface area (Å²) in [6, 6.07) is 0.232. The number of nitrogens with one attached hydrogen (secondary N) is 1. The zero-order valence-electron chi connectivity index (χ0n) is 7.12. The maximum atomic E-state index is 10.6. The molecule has 2 atom stereocenters. The highest BCUT2D eigenvalue weighted by atomic mass is 16.4. The Bertz CT molecular complexity index is 189. The fraction of sp³-hybridized carbons (Fsp3) is 0.889. The lowest BCUT2D eigenvalue weighted by Crippen LogP contribution is -2.41. The topological polar surface area (TPSA) is 49.3 Å². The minimum Gasteiger partial charge on any atom is -0.480 e. The molecule has 1 saturated heterocycles. The minimum absolute atomic E-state index is 0.268. The molecule has 1 aliphatic carbocycles. The van der Waals surface area contributed by atoms with E-state index >= 15 is 0 Å². The molecule has 1 saturated carbocycles. The number of aliphatic carboxylic acids is 1. The quantitative estimate of drug-likeness (QED) is 0.648. The highest BCUT2D eigenvalue weighted by Gasteiger charge is 2.35. The molecule has 0 radical (unpaired) electrons. The van der Waals surface area contributed by atoms with Gasteiger partial charge in [0.25, 0.3) is 0 Å². The molecule has 1 aliphatic heterocycles. The summed E-state index contributed by atoms with van der Waals surface area (Å²) >= 11 is 0. The van der Waals surface area contributed by atoms with Crippen LogP contribution < -0.4 is 5.32 Å². The van der Waals surface area contributed by atoms with E-state index in [0.717, 1.165) is 18.8 Å². The van der Waals surface area contributed by atoms with E-state index in [0.29, 0.717) is 6.04 Å². The Kier molecular flexibility index (Phi) is 2.05. The first kappa shape index (κ1) is 8.05. The summed E-state index contributed by atoms with van der Waals surface area (Å²) in [5.74, 6) is 0.0890. The highest BCUT2D eigenvalue weighted by Crippen LogP contribution is 2.34. The van der Waals surface area contributed by atoms with Crippen LogP contribution in [-0.4, -0.2) is 23.2 Å². The molecule has 2 rings (SSSR count). The fourth-order valence-corrected chi connectivity index (χ4v) is 2.18. The summed E-state index contributed by atoms with van der Waals surface area (Å²) in [5, 5.41) is 11.9. The van der Waals surface area contributed by atoms with Gasteiger partial charge in [0.15, 0.2) is 0 Å². The number of rotatable bonds is 2. The molecule has 2 N–H and O–H groups in total. The normalized spacial score (nSPS) is 36.3. The van der Waals surface area contributed by atoms with Crippen LogP contribution in [0.3, 0.4) is 0 Å². The predicted octanol–water partition coefficient (Wildman–Crippen LogP) is 0.992. The van der Waals surface area contributed by atoms with E-state index in [4.69, 9.17) is 5.11 Å². The summed E-state index contributed by atoms with van der Waals surface area (Å²) in [6.45, 7) is 0. The first-order valence-corrected chi connectivity index (χ1v) is 4.76. The van der Waals surface area contributed by atoms with Gasteiger partial charge in [-0.3, -0.25) is 4.79 Å². The molecule has 2 aliphatic rings. The average molecular weight is 169 g/mol. The van der Waals surface area contributed by atoms with Crippen LogP contribution in [0, 0.1) is 5.92 Å². The molecule has 3 heteroatoms. The minimum atomic E-state index is -0.683. The Morgan fingerprint density at radius 2 is 2.00 bits per heavy atom. The zero-order valence-corrected chi connectivity index (χ0v) is 7.12. The van der Waals surface area contributed by atoms with Crippen molar-refractivity contribution in [2.45, 2.75) is 44.2 Å². The van der Waals surface area contributed by atoms with Gasteiger partial charge in [0.1, 0.15) is 6.04 Å². The summed E-state index contributed by atoms with van der Waals surface area (Å²) in [7, 11) is 0. The van der Waals surface area contributed by atoms with Crippen LogP contribution >= 0.6 is 0 Å². The van der Waals surface area contributed by atoms with Crippen molar-refractivity contribution >= 4 is 5.97 Å². The van der Waals surface area contributed by atoms with Crippen LogP contribution in [0.1, 0.15) is 32.1 Å². The van der Waals surface area contributed by atoms with E-state index in [2.05, 4.69) is 5.32 Å². The number of hydrogen-bond donors (Lipinski definition) is 2. The van der Waals surface area contributed by atoms with Crippen LogP contribution in [0.25, 0.3) is 0 Å². The van der Waals surface area contributed by atoms with Gasteiger partial charge in [-0.15, -0.1) is 0 Å². The van der Waals surface area contributed by atoms with Gasteiger partial charge >= 0.3 is 5.97 Å². The number of carboxylic acids is 1. The number of carbonyl (C=O) groups is 1. The van der Waals surface area contributed by atoms with Crippen molar-refractivity contribution in [2.75, 3.05) is 0 Å². The molecule has 12 heavy (non-hydrogen) atoms. The van der Waals surface area contributed by atoms with Crippen LogP contribution in [-0.2, 0) is 4.79 Å². The molecule has 0 aromatic heterocycles. The van der Waals surface area contributed by atoms with E-state index in [9.17, 15) is 4.79 Å². The van der Waals surface area contributed by atoms with Gasteiger partial charge in [0.05, 0.1) is 0 Å². The van der Waals surface area contributed by atoms with Gasteiger partial charge in [-0.25, -0.2) is 0 Å². The molecule has 2 fully saturated rings. The Morgan fingerprint density at radius 1 is 1.25 bits per heavy atom. The lowest BCUT2D eigenvalue weighted by atomic mass is 9.79. The van der Waals surface area contributed by atoms with E-state index in [-0.39, 0.29) is 6.04 Å².